The zero-order valence-electron chi connectivity index (χ0n) is 5.28. The molecule has 0 aromatic heterocycles. The largest absolute Gasteiger partial charge is 0.227 e. The minimum atomic E-state index is -2.33. The van der Waals surface area contributed by atoms with Crippen LogP contribution in [0, 0.1) is 0 Å². The van der Waals surface area contributed by atoms with Gasteiger partial charge in [0, 0.05) is 5.41 Å². The number of hydrogen-bond acceptors (Lipinski definition) is 2. The van der Waals surface area contributed by atoms with Gasteiger partial charge in [0.15, 0.2) is 10.7 Å². The van der Waals surface area contributed by atoms with E-state index < -0.39 is 10.7 Å². The van der Waals surface area contributed by atoms with E-state index in [9.17, 15) is 8.42 Å². The van der Waals surface area contributed by atoms with Crippen LogP contribution in [-0.2, 0) is 10.7 Å². The van der Waals surface area contributed by atoms with E-state index in [2.05, 4.69) is 0 Å². The summed E-state index contributed by atoms with van der Waals surface area (Å²) in [5, 5.41) is 1.18. The highest BCUT2D eigenvalue weighted by Crippen LogP contribution is 1.84. The van der Waals surface area contributed by atoms with Gasteiger partial charge in [-0.3, -0.25) is 0 Å². The molecule has 3 heteroatoms. The highest BCUT2D eigenvalue weighted by Gasteiger charge is 1.70. The highest BCUT2D eigenvalue weighted by molar-refractivity contribution is 7.75. The van der Waals surface area contributed by atoms with E-state index in [0.717, 1.165) is 0 Å². The zero-order valence-corrected chi connectivity index (χ0v) is 6.17. The Morgan fingerprint density at radius 1 is 1.33 bits per heavy atom. The zero-order chi connectivity index (χ0) is 7.11. The normalized spacial score (nSPS) is 12.2. The van der Waals surface area contributed by atoms with Crippen LogP contribution in [0.3, 0.4) is 0 Å². The van der Waals surface area contributed by atoms with Crippen LogP contribution in [0.25, 0.3) is 0 Å². The van der Waals surface area contributed by atoms with Crippen molar-refractivity contribution < 1.29 is 8.42 Å². The van der Waals surface area contributed by atoms with Crippen LogP contribution < -0.4 is 0 Å². The van der Waals surface area contributed by atoms with Gasteiger partial charge in [-0.15, -0.1) is 0 Å². The quantitative estimate of drug-likeness (QED) is 0.477. The fourth-order valence-electron chi connectivity index (χ4n) is 0.362. The maximum absolute atomic E-state index is 9.89. The average Bonchev–Trinajstić information content (AvgIpc) is 1.80. The molecule has 0 saturated heterocycles. The highest BCUT2D eigenvalue weighted by atomic mass is 32.2. The number of allylic oxidation sites excluding steroid dienone is 3. The van der Waals surface area contributed by atoms with E-state index in [4.69, 9.17) is 0 Å². The molecule has 52 valence electrons. The molecular formula is C6H10O2S. The molecule has 0 radical (unpaired) electrons. The molecule has 0 aliphatic rings. The molecule has 0 bridgehead atoms. The van der Waals surface area contributed by atoms with Gasteiger partial charge < -0.3 is 0 Å². The van der Waals surface area contributed by atoms with Gasteiger partial charge in [0.2, 0.25) is 0 Å². The van der Waals surface area contributed by atoms with Gasteiger partial charge in [0.1, 0.15) is 0 Å². The molecule has 0 rings (SSSR count). The van der Waals surface area contributed by atoms with Gasteiger partial charge >= 0.3 is 0 Å². The van der Waals surface area contributed by atoms with E-state index in [1.165, 1.54) is 5.41 Å². The first kappa shape index (κ1) is 8.43. The number of hydrogen-bond donors (Lipinski definition) is 1. The van der Waals surface area contributed by atoms with Gasteiger partial charge in [-0.25, -0.2) is 8.42 Å². The van der Waals surface area contributed by atoms with Crippen molar-refractivity contribution in [2.24, 2.45) is 0 Å². The summed E-state index contributed by atoms with van der Waals surface area (Å²) < 4.78 is 19.8. The summed E-state index contributed by atoms with van der Waals surface area (Å²) in [5.41, 5.74) is 0. The topological polar surface area (TPSA) is 34.1 Å². The maximum Gasteiger partial charge on any atom is 0.161 e. The predicted molar refractivity (Wildman–Crippen MR) is 38.9 cm³/mol. The van der Waals surface area contributed by atoms with Crippen molar-refractivity contribution in [2.75, 3.05) is 0 Å². The van der Waals surface area contributed by atoms with E-state index in [-0.39, 0.29) is 0 Å². The molecule has 0 aromatic rings. The third kappa shape index (κ3) is 7.43. The Morgan fingerprint density at radius 3 is 2.44 bits per heavy atom. The van der Waals surface area contributed by atoms with Crippen molar-refractivity contribution in [1.82, 2.24) is 0 Å². The molecule has 2 nitrogen and oxygen atoms in total. The molecule has 0 aliphatic heterocycles. The number of rotatable bonds is 3. The standard InChI is InChI=1S/C6H10O2S/c1-2-3-4-5-6-9(7)8/h2-3,5-6,9H,4H2,1H3. The van der Waals surface area contributed by atoms with Crippen LogP contribution in [0.15, 0.2) is 23.6 Å². The second kappa shape index (κ2) is 5.56. The molecular weight excluding hydrogens is 136 g/mol. The molecule has 0 fully saturated rings. The average molecular weight is 146 g/mol. The lowest BCUT2D eigenvalue weighted by Gasteiger charge is -1.74. The summed E-state index contributed by atoms with van der Waals surface area (Å²) in [5.74, 6) is 0. The summed E-state index contributed by atoms with van der Waals surface area (Å²) in [6.45, 7) is 1.89. The Labute approximate surface area is 56.8 Å². The van der Waals surface area contributed by atoms with Crippen LogP contribution in [0.4, 0.5) is 0 Å². The Hall–Kier alpha value is -0.570. The van der Waals surface area contributed by atoms with Crippen LogP contribution >= 0.6 is 0 Å². The lowest BCUT2D eigenvalue weighted by atomic mass is 10.4. The van der Waals surface area contributed by atoms with Crippen LogP contribution in [0.2, 0.25) is 0 Å². The Balaban J connectivity index is 3.48. The smallest absolute Gasteiger partial charge is 0.161 e. The van der Waals surface area contributed by atoms with Gasteiger partial charge in [-0.1, -0.05) is 18.2 Å². The summed E-state index contributed by atoms with van der Waals surface area (Å²) >= 11 is 0. The first-order valence-corrected chi connectivity index (χ1v) is 3.93. The lowest BCUT2D eigenvalue weighted by Crippen LogP contribution is -1.63. The molecule has 0 atom stereocenters. The molecule has 9 heavy (non-hydrogen) atoms. The Morgan fingerprint density at radius 2 is 2.00 bits per heavy atom. The van der Waals surface area contributed by atoms with Crippen molar-refractivity contribution in [3.05, 3.63) is 23.6 Å². The SMILES string of the molecule is CC=CCC=C[SH](=O)=O. The molecule has 0 aliphatic carbocycles. The minimum Gasteiger partial charge on any atom is -0.227 e. The van der Waals surface area contributed by atoms with Gasteiger partial charge in [0.05, 0.1) is 0 Å². The van der Waals surface area contributed by atoms with Crippen molar-refractivity contribution in [1.29, 1.82) is 0 Å². The van der Waals surface area contributed by atoms with Gasteiger partial charge in [-0.05, 0) is 13.3 Å². The summed E-state index contributed by atoms with van der Waals surface area (Å²) in [7, 11) is -2.33. The van der Waals surface area contributed by atoms with Crippen molar-refractivity contribution in [3.63, 3.8) is 0 Å². The second-order valence-electron chi connectivity index (χ2n) is 1.47. The molecule has 0 heterocycles. The van der Waals surface area contributed by atoms with E-state index in [1.54, 1.807) is 6.08 Å². The van der Waals surface area contributed by atoms with Crippen molar-refractivity contribution in [2.45, 2.75) is 13.3 Å². The van der Waals surface area contributed by atoms with Crippen molar-refractivity contribution >= 4 is 10.7 Å². The van der Waals surface area contributed by atoms with Gasteiger partial charge in [-0.2, -0.15) is 0 Å². The van der Waals surface area contributed by atoms with E-state index in [1.807, 2.05) is 19.1 Å². The Bertz CT molecular complexity index is 169. The molecule has 0 amide bonds. The summed E-state index contributed by atoms with van der Waals surface area (Å²) in [6, 6.07) is 0. The molecule has 0 aromatic carbocycles. The van der Waals surface area contributed by atoms with Crippen molar-refractivity contribution in [3.8, 4) is 0 Å². The molecule has 0 unspecified atom stereocenters. The minimum absolute atomic E-state index is 0.694. The van der Waals surface area contributed by atoms with Crippen LogP contribution in [0.1, 0.15) is 13.3 Å². The monoisotopic (exact) mass is 146 g/mol. The van der Waals surface area contributed by atoms with E-state index in [0.29, 0.717) is 6.42 Å². The third-order valence-corrected chi connectivity index (χ3v) is 1.19. The fraction of sp³-hybridized carbons (Fsp3) is 0.333. The van der Waals surface area contributed by atoms with Crippen LogP contribution in [-0.4, -0.2) is 8.42 Å². The third-order valence-electron chi connectivity index (χ3n) is 0.735. The first-order chi connectivity index (χ1) is 4.27. The fourth-order valence-corrected chi connectivity index (χ4v) is 0.655. The van der Waals surface area contributed by atoms with Gasteiger partial charge in [0.25, 0.3) is 0 Å². The van der Waals surface area contributed by atoms with Crippen LogP contribution in [0.5, 0.6) is 0 Å². The molecule has 0 spiro atoms. The predicted octanol–water partition coefficient (Wildman–Crippen LogP) is 1.08. The molecule has 0 N–H and O–H groups in total. The lowest BCUT2D eigenvalue weighted by molar-refractivity contribution is 0.622. The second-order valence-corrected chi connectivity index (χ2v) is 2.34. The number of thiol groups is 1. The van der Waals surface area contributed by atoms with E-state index >= 15 is 0 Å². The summed E-state index contributed by atoms with van der Waals surface area (Å²) in [6.07, 6.45) is 6.06. The summed E-state index contributed by atoms with van der Waals surface area (Å²) in [4.78, 5) is 0. The first-order valence-electron chi connectivity index (χ1n) is 2.68. The maximum atomic E-state index is 9.89. The Kier molecular flexibility index (Phi) is 5.21. The molecule has 0 saturated carbocycles.